The predicted octanol–water partition coefficient (Wildman–Crippen LogP) is 3.15. The molecule has 1 aliphatic rings. The monoisotopic (exact) mass is 258 g/mol. The van der Waals surface area contributed by atoms with Crippen LogP contribution in [0.15, 0.2) is 24.3 Å². The fourth-order valence-corrected chi connectivity index (χ4v) is 2.93. The molecule has 1 fully saturated rings. The van der Waals surface area contributed by atoms with Gasteiger partial charge in [0.2, 0.25) is 0 Å². The van der Waals surface area contributed by atoms with E-state index in [1.807, 2.05) is 6.07 Å². The van der Waals surface area contributed by atoms with Crippen LogP contribution in [-0.4, -0.2) is 20.8 Å². The Kier molecular flexibility index (Phi) is 3.56. The molecule has 3 rings (SSSR count). The van der Waals surface area contributed by atoms with Crippen molar-refractivity contribution in [2.75, 3.05) is 0 Å². The van der Waals surface area contributed by atoms with Crippen LogP contribution in [0.3, 0.4) is 0 Å². The smallest absolute Gasteiger partial charge is 0.112 e. The van der Waals surface area contributed by atoms with Gasteiger partial charge in [0.1, 0.15) is 5.82 Å². The van der Waals surface area contributed by atoms with E-state index < -0.39 is 0 Å². The Morgan fingerprint density at radius 3 is 2.84 bits per heavy atom. The first kappa shape index (κ1) is 12.7. The highest BCUT2D eigenvalue weighted by atomic mass is 16.3. The van der Waals surface area contributed by atoms with E-state index in [2.05, 4.69) is 29.7 Å². The lowest BCUT2D eigenvalue weighted by Gasteiger charge is -2.30. The number of benzene rings is 1. The van der Waals surface area contributed by atoms with Gasteiger partial charge in [-0.2, -0.15) is 0 Å². The van der Waals surface area contributed by atoms with E-state index in [1.165, 1.54) is 24.8 Å². The fourth-order valence-electron chi connectivity index (χ4n) is 2.93. The molecule has 1 aromatic carbocycles. The molecule has 1 unspecified atom stereocenters. The van der Waals surface area contributed by atoms with Crippen LogP contribution in [0.5, 0.6) is 0 Å². The van der Waals surface area contributed by atoms with E-state index in [9.17, 15) is 5.11 Å². The third kappa shape index (κ3) is 2.39. The average Bonchev–Trinajstić information content (AvgIpc) is 2.66. The second-order valence-corrected chi connectivity index (χ2v) is 5.63. The first-order valence-corrected chi connectivity index (χ1v) is 7.41. The molecule has 102 valence electrons. The van der Waals surface area contributed by atoms with Gasteiger partial charge in [-0.1, -0.05) is 25.5 Å². The second kappa shape index (κ2) is 5.33. The van der Waals surface area contributed by atoms with Gasteiger partial charge in [-0.15, -0.1) is 0 Å². The van der Waals surface area contributed by atoms with Crippen LogP contribution in [0.25, 0.3) is 11.0 Å². The number of rotatable bonds is 5. The number of fused-ring (bicyclic) bond motifs is 1. The molecule has 1 saturated carbocycles. The van der Waals surface area contributed by atoms with Crippen molar-refractivity contribution in [2.45, 2.75) is 51.7 Å². The largest absolute Gasteiger partial charge is 0.392 e. The molecule has 19 heavy (non-hydrogen) atoms. The number of para-hydroxylation sites is 2. The number of aromatic nitrogens is 2. The van der Waals surface area contributed by atoms with Crippen LogP contribution in [0.1, 0.15) is 38.4 Å². The molecule has 0 radical (unpaired) electrons. The summed E-state index contributed by atoms with van der Waals surface area (Å²) in [5.74, 6) is 1.54. The lowest BCUT2D eigenvalue weighted by Crippen LogP contribution is -2.29. The Hall–Kier alpha value is -1.35. The van der Waals surface area contributed by atoms with Crippen molar-refractivity contribution in [1.82, 2.24) is 9.55 Å². The van der Waals surface area contributed by atoms with Gasteiger partial charge < -0.3 is 9.67 Å². The van der Waals surface area contributed by atoms with Crippen molar-refractivity contribution in [1.29, 1.82) is 0 Å². The zero-order valence-corrected chi connectivity index (χ0v) is 11.5. The number of nitrogens with zero attached hydrogens (tertiary/aromatic N) is 2. The maximum atomic E-state index is 10.3. The quantitative estimate of drug-likeness (QED) is 0.894. The molecule has 3 heteroatoms. The molecule has 0 aliphatic heterocycles. The first-order valence-electron chi connectivity index (χ1n) is 7.41. The van der Waals surface area contributed by atoms with Crippen molar-refractivity contribution in [3.8, 4) is 0 Å². The van der Waals surface area contributed by atoms with Gasteiger partial charge in [0.15, 0.2) is 0 Å². The predicted molar refractivity (Wildman–Crippen MR) is 77.1 cm³/mol. The Morgan fingerprint density at radius 2 is 2.16 bits per heavy atom. The topological polar surface area (TPSA) is 38.0 Å². The van der Waals surface area contributed by atoms with Crippen LogP contribution < -0.4 is 0 Å². The van der Waals surface area contributed by atoms with Crippen molar-refractivity contribution in [2.24, 2.45) is 5.92 Å². The third-order valence-corrected chi connectivity index (χ3v) is 4.27. The minimum atomic E-state index is -0.221. The minimum Gasteiger partial charge on any atom is -0.392 e. The number of aryl methyl sites for hydroxylation is 1. The summed E-state index contributed by atoms with van der Waals surface area (Å²) >= 11 is 0. The summed E-state index contributed by atoms with van der Waals surface area (Å²) in [4.78, 5) is 4.72. The van der Waals surface area contributed by atoms with E-state index in [0.29, 0.717) is 12.3 Å². The zero-order chi connectivity index (χ0) is 13.2. The molecule has 2 aromatic rings. The van der Waals surface area contributed by atoms with Gasteiger partial charge in [-0.3, -0.25) is 0 Å². The number of imidazole rings is 1. The Morgan fingerprint density at radius 1 is 1.37 bits per heavy atom. The standard InChI is InChI=1S/C16H22N2O/c1-2-10-18-14-9-4-3-8-13(14)17-16(18)11-15(19)12-6-5-7-12/h3-4,8-9,12,15,19H,2,5-7,10-11H2,1H3. The minimum absolute atomic E-state index is 0.221. The van der Waals surface area contributed by atoms with Gasteiger partial charge in [-0.05, 0) is 37.3 Å². The van der Waals surface area contributed by atoms with Gasteiger partial charge in [-0.25, -0.2) is 4.98 Å². The van der Waals surface area contributed by atoms with Crippen LogP contribution in [0, 0.1) is 5.92 Å². The van der Waals surface area contributed by atoms with Crippen molar-refractivity contribution in [3.63, 3.8) is 0 Å². The highest BCUT2D eigenvalue weighted by molar-refractivity contribution is 5.75. The van der Waals surface area contributed by atoms with Crippen molar-refractivity contribution < 1.29 is 5.11 Å². The number of aliphatic hydroxyl groups is 1. The first-order chi connectivity index (χ1) is 9.29. The van der Waals surface area contributed by atoms with E-state index in [-0.39, 0.29) is 6.10 Å². The maximum absolute atomic E-state index is 10.3. The number of hydrogen-bond acceptors (Lipinski definition) is 2. The lowest BCUT2D eigenvalue weighted by molar-refractivity contribution is 0.0608. The number of aliphatic hydroxyl groups excluding tert-OH is 1. The molecule has 1 atom stereocenters. The third-order valence-electron chi connectivity index (χ3n) is 4.27. The Balaban J connectivity index is 1.90. The summed E-state index contributed by atoms with van der Waals surface area (Å²) in [6.45, 7) is 3.16. The van der Waals surface area contributed by atoms with Crippen LogP contribution in [0.2, 0.25) is 0 Å². The zero-order valence-electron chi connectivity index (χ0n) is 11.5. The SMILES string of the molecule is CCCn1c(CC(O)C2CCC2)nc2ccccc21. The molecule has 1 N–H and O–H groups in total. The highest BCUT2D eigenvalue weighted by Gasteiger charge is 2.27. The maximum Gasteiger partial charge on any atom is 0.112 e. The van der Waals surface area contributed by atoms with Gasteiger partial charge in [0, 0.05) is 13.0 Å². The molecule has 0 saturated heterocycles. The van der Waals surface area contributed by atoms with Crippen LogP contribution in [0.4, 0.5) is 0 Å². The number of hydrogen-bond donors (Lipinski definition) is 1. The summed E-state index contributed by atoms with van der Waals surface area (Å²) in [7, 11) is 0. The molecule has 3 nitrogen and oxygen atoms in total. The van der Waals surface area contributed by atoms with E-state index >= 15 is 0 Å². The van der Waals surface area contributed by atoms with Crippen molar-refractivity contribution >= 4 is 11.0 Å². The summed E-state index contributed by atoms with van der Waals surface area (Å²) in [5, 5.41) is 10.3. The van der Waals surface area contributed by atoms with Crippen LogP contribution in [-0.2, 0) is 13.0 Å². The average molecular weight is 258 g/mol. The van der Waals surface area contributed by atoms with Gasteiger partial charge in [0.25, 0.3) is 0 Å². The summed E-state index contributed by atoms with van der Waals surface area (Å²) < 4.78 is 2.28. The molecule has 0 amide bonds. The van der Waals surface area contributed by atoms with Gasteiger partial charge in [0.05, 0.1) is 17.1 Å². The van der Waals surface area contributed by atoms with Gasteiger partial charge >= 0.3 is 0 Å². The van der Waals surface area contributed by atoms with E-state index in [1.54, 1.807) is 0 Å². The molecule has 0 spiro atoms. The molecule has 1 aromatic heterocycles. The fraction of sp³-hybridized carbons (Fsp3) is 0.562. The molecule has 0 bridgehead atoms. The summed E-state index contributed by atoms with van der Waals surface area (Å²) in [5.41, 5.74) is 2.24. The molecule has 1 aliphatic carbocycles. The lowest BCUT2D eigenvalue weighted by atomic mass is 9.80. The molecular formula is C16H22N2O. The Labute approximate surface area is 114 Å². The summed E-state index contributed by atoms with van der Waals surface area (Å²) in [6, 6.07) is 8.26. The normalized spacial score (nSPS) is 17.6. The second-order valence-electron chi connectivity index (χ2n) is 5.63. The van der Waals surface area contributed by atoms with Crippen LogP contribution >= 0.6 is 0 Å². The van der Waals surface area contributed by atoms with Crippen molar-refractivity contribution in [3.05, 3.63) is 30.1 Å². The summed E-state index contributed by atoms with van der Waals surface area (Å²) in [6.07, 6.45) is 5.19. The molecule has 1 heterocycles. The highest BCUT2D eigenvalue weighted by Crippen LogP contribution is 2.31. The van der Waals surface area contributed by atoms with E-state index in [4.69, 9.17) is 4.98 Å². The molecular weight excluding hydrogens is 236 g/mol. The Bertz CT molecular complexity index is 557. The van der Waals surface area contributed by atoms with E-state index in [0.717, 1.165) is 24.3 Å².